The molecule has 3 aromatic rings. The zero-order valence-electron chi connectivity index (χ0n) is 13.3. The van der Waals surface area contributed by atoms with Crippen LogP contribution in [0.3, 0.4) is 0 Å². The molecule has 1 amide bonds. The summed E-state index contributed by atoms with van der Waals surface area (Å²) in [6, 6.07) is 8.20. The summed E-state index contributed by atoms with van der Waals surface area (Å²) in [5.41, 5.74) is -0.253. The number of rotatable bonds is 7. The summed E-state index contributed by atoms with van der Waals surface area (Å²) in [7, 11) is 0. The molecule has 0 aliphatic carbocycles. The number of carbonyl (C=O) groups excluding carboxylic acids is 1. The van der Waals surface area contributed by atoms with E-state index in [1.807, 2.05) is 0 Å². The SMILES string of the molecule is O=C(COc1cccnc1)NCCn1nc(-n2cccn2)ccc1=O. The first-order chi connectivity index (χ1) is 12.2. The van der Waals surface area contributed by atoms with E-state index in [9.17, 15) is 9.59 Å². The Morgan fingerprint density at radius 2 is 2.12 bits per heavy atom. The molecule has 3 aromatic heterocycles. The summed E-state index contributed by atoms with van der Waals surface area (Å²) < 4.78 is 8.12. The highest BCUT2D eigenvalue weighted by Gasteiger charge is 2.05. The predicted molar refractivity (Wildman–Crippen MR) is 88.4 cm³/mol. The molecule has 0 aliphatic heterocycles. The Kier molecular flexibility index (Phi) is 5.15. The number of pyridine rings is 1. The summed E-state index contributed by atoms with van der Waals surface area (Å²) in [5, 5.41) is 11.0. The van der Waals surface area contributed by atoms with Crippen LogP contribution in [0, 0.1) is 0 Å². The van der Waals surface area contributed by atoms with Crippen molar-refractivity contribution in [2.45, 2.75) is 6.54 Å². The molecule has 0 saturated heterocycles. The molecule has 0 aliphatic rings. The highest BCUT2D eigenvalue weighted by molar-refractivity contribution is 5.77. The Morgan fingerprint density at radius 1 is 1.20 bits per heavy atom. The minimum absolute atomic E-state index is 0.124. The van der Waals surface area contributed by atoms with Gasteiger partial charge in [0.1, 0.15) is 5.75 Å². The highest BCUT2D eigenvalue weighted by atomic mass is 16.5. The first kappa shape index (κ1) is 16.4. The van der Waals surface area contributed by atoms with Crippen molar-refractivity contribution in [2.75, 3.05) is 13.2 Å². The Bertz CT molecular complexity index is 876. The van der Waals surface area contributed by atoms with Gasteiger partial charge in [-0.1, -0.05) is 0 Å². The van der Waals surface area contributed by atoms with Crippen LogP contribution in [0.4, 0.5) is 0 Å². The quantitative estimate of drug-likeness (QED) is 0.650. The zero-order valence-corrected chi connectivity index (χ0v) is 13.3. The van der Waals surface area contributed by atoms with Crippen LogP contribution in [-0.2, 0) is 11.3 Å². The lowest BCUT2D eigenvalue weighted by Gasteiger charge is -2.09. The van der Waals surface area contributed by atoms with Gasteiger partial charge in [0.2, 0.25) is 0 Å². The van der Waals surface area contributed by atoms with Crippen LogP contribution < -0.4 is 15.6 Å². The van der Waals surface area contributed by atoms with Gasteiger partial charge in [-0.05, 0) is 24.3 Å². The lowest BCUT2D eigenvalue weighted by atomic mass is 10.4. The molecule has 9 heteroatoms. The summed E-state index contributed by atoms with van der Waals surface area (Å²) >= 11 is 0. The first-order valence-electron chi connectivity index (χ1n) is 7.60. The van der Waals surface area contributed by atoms with Crippen LogP contribution in [0.25, 0.3) is 5.82 Å². The molecule has 0 atom stereocenters. The van der Waals surface area contributed by atoms with E-state index < -0.39 is 0 Å². The maximum atomic E-state index is 11.9. The van der Waals surface area contributed by atoms with Crippen molar-refractivity contribution in [3.63, 3.8) is 0 Å². The van der Waals surface area contributed by atoms with Crippen LogP contribution in [0.5, 0.6) is 5.75 Å². The molecule has 0 spiro atoms. The van der Waals surface area contributed by atoms with E-state index >= 15 is 0 Å². The Balaban J connectivity index is 1.51. The second-order valence-corrected chi connectivity index (χ2v) is 5.03. The van der Waals surface area contributed by atoms with Gasteiger partial charge in [0.05, 0.1) is 12.7 Å². The molecule has 25 heavy (non-hydrogen) atoms. The summed E-state index contributed by atoms with van der Waals surface area (Å²) in [6.07, 6.45) is 6.50. The molecular formula is C16H16N6O3. The average Bonchev–Trinajstić information content (AvgIpc) is 3.17. The van der Waals surface area contributed by atoms with Gasteiger partial charge in [0, 0.05) is 31.2 Å². The van der Waals surface area contributed by atoms with Crippen LogP contribution in [0.1, 0.15) is 0 Å². The lowest BCUT2D eigenvalue weighted by Crippen LogP contribution is -2.34. The van der Waals surface area contributed by atoms with Crippen molar-refractivity contribution in [3.8, 4) is 11.6 Å². The van der Waals surface area contributed by atoms with E-state index in [-0.39, 0.29) is 31.2 Å². The van der Waals surface area contributed by atoms with E-state index in [1.165, 1.54) is 16.9 Å². The second-order valence-electron chi connectivity index (χ2n) is 5.03. The molecule has 0 aromatic carbocycles. The number of hydrogen-bond acceptors (Lipinski definition) is 6. The fourth-order valence-corrected chi connectivity index (χ4v) is 2.06. The molecule has 3 heterocycles. The molecule has 9 nitrogen and oxygen atoms in total. The number of nitrogens with one attached hydrogen (secondary N) is 1. The third-order valence-electron chi connectivity index (χ3n) is 3.24. The first-order valence-corrected chi connectivity index (χ1v) is 7.60. The third-order valence-corrected chi connectivity index (χ3v) is 3.24. The van der Waals surface area contributed by atoms with Crippen molar-refractivity contribution in [1.82, 2.24) is 29.9 Å². The topological polar surface area (TPSA) is 104 Å². The molecule has 1 N–H and O–H groups in total. The number of amides is 1. The maximum absolute atomic E-state index is 11.9. The third kappa shape index (κ3) is 4.50. The average molecular weight is 340 g/mol. The van der Waals surface area contributed by atoms with Gasteiger partial charge >= 0.3 is 0 Å². The monoisotopic (exact) mass is 340 g/mol. The van der Waals surface area contributed by atoms with Crippen LogP contribution in [-0.4, -0.2) is 43.6 Å². The second kappa shape index (κ2) is 7.86. The summed E-state index contributed by atoms with van der Waals surface area (Å²) in [4.78, 5) is 27.5. The molecular weight excluding hydrogens is 324 g/mol. The smallest absolute Gasteiger partial charge is 0.266 e. The molecule has 0 bridgehead atoms. The maximum Gasteiger partial charge on any atom is 0.266 e. The van der Waals surface area contributed by atoms with Crippen molar-refractivity contribution in [2.24, 2.45) is 0 Å². The normalized spacial score (nSPS) is 10.4. The van der Waals surface area contributed by atoms with Gasteiger partial charge in [-0.25, -0.2) is 9.36 Å². The highest BCUT2D eigenvalue weighted by Crippen LogP contribution is 2.05. The van der Waals surface area contributed by atoms with Gasteiger partial charge < -0.3 is 10.1 Å². The molecule has 0 unspecified atom stereocenters. The van der Waals surface area contributed by atoms with Crippen LogP contribution >= 0.6 is 0 Å². The van der Waals surface area contributed by atoms with Crippen LogP contribution in [0.2, 0.25) is 0 Å². The standard InChI is InChI=1S/C16H16N6O3/c23-15(12-25-13-3-1-6-17-11-13)18-8-10-22-16(24)5-4-14(20-22)21-9-2-7-19-21/h1-7,9,11H,8,10,12H2,(H,18,23). The van der Waals surface area contributed by atoms with Crippen molar-refractivity contribution < 1.29 is 9.53 Å². The Labute approximate surface area is 142 Å². The zero-order chi connectivity index (χ0) is 17.5. The summed E-state index contributed by atoms with van der Waals surface area (Å²) in [6.45, 7) is 0.374. The van der Waals surface area contributed by atoms with E-state index in [1.54, 1.807) is 47.5 Å². The van der Waals surface area contributed by atoms with Crippen molar-refractivity contribution in [1.29, 1.82) is 0 Å². The number of carbonyl (C=O) groups is 1. The predicted octanol–water partition coefficient (Wildman–Crippen LogP) is 0.0192. The van der Waals surface area contributed by atoms with E-state index in [0.717, 1.165) is 0 Å². The molecule has 0 saturated carbocycles. The van der Waals surface area contributed by atoms with Gasteiger partial charge in [0.15, 0.2) is 12.4 Å². The lowest BCUT2D eigenvalue weighted by molar-refractivity contribution is -0.123. The van der Waals surface area contributed by atoms with Gasteiger partial charge in [-0.2, -0.15) is 5.10 Å². The van der Waals surface area contributed by atoms with Gasteiger partial charge in [-0.15, -0.1) is 5.10 Å². The fraction of sp³-hybridized carbons (Fsp3) is 0.188. The molecule has 128 valence electrons. The van der Waals surface area contributed by atoms with Crippen molar-refractivity contribution >= 4 is 5.91 Å². The van der Waals surface area contributed by atoms with E-state index in [2.05, 4.69) is 20.5 Å². The van der Waals surface area contributed by atoms with Crippen LogP contribution in [0.15, 0.2) is 59.9 Å². The van der Waals surface area contributed by atoms with Crippen molar-refractivity contribution in [3.05, 3.63) is 65.5 Å². The Hall–Kier alpha value is -3.49. The van der Waals surface area contributed by atoms with Gasteiger partial charge in [0.25, 0.3) is 11.5 Å². The molecule has 3 rings (SSSR count). The minimum Gasteiger partial charge on any atom is -0.482 e. The fourth-order valence-electron chi connectivity index (χ4n) is 2.06. The number of hydrogen-bond donors (Lipinski definition) is 1. The number of nitrogens with zero attached hydrogens (tertiary/aromatic N) is 5. The number of aromatic nitrogens is 5. The Morgan fingerprint density at radius 3 is 2.88 bits per heavy atom. The largest absolute Gasteiger partial charge is 0.482 e. The van der Waals surface area contributed by atoms with Gasteiger partial charge in [-0.3, -0.25) is 14.6 Å². The van der Waals surface area contributed by atoms with E-state index in [4.69, 9.17) is 4.74 Å². The summed E-state index contributed by atoms with van der Waals surface area (Å²) in [5.74, 6) is 0.749. The minimum atomic E-state index is -0.292. The number of ether oxygens (including phenoxy) is 1. The van der Waals surface area contributed by atoms with E-state index in [0.29, 0.717) is 11.6 Å². The molecule has 0 radical (unpaired) electrons. The molecule has 0 fully saturated rings.